The highest BCUT2D eigenvalue weighted by Gasteiger charge is 2.31. The fourth-order valence-corrected chi connectivity index (χ4v) is 5.19. The molecule has 0 saturated heterocycles. The van der Waals surface area contributed by atoms with E-state index in [0.717, 1.165) is 22.4 Å². The minimum Gasteiger partial charge on any atom is -0.493 e. The Morgan fingerprint density at radius 1 is 1.11 bits per heavy atom. The zero-order valence-electron chi connectivity index (χ0n) is 20.1. The summed E-state index contributed by atoms with van der Waals surface area (Å²) in [6.45, 7) is 3.51. The van der Waals surface area contributed by atoms with E-state index in [2.05, 4.69) is 0 Å². The number of hydrogen-bond acceptors (Lipinski definition) is 4. The molecule has 0 aliphatic carbocycles. The molecule has 0 radical (unpaired) electrons. The van der Waals surface area contributed by atoms with Crippen molar-refractivity contribution in [2.45, 2.75) is 38.6 Å². The Labute approximate surface area is 209 Å². The smallest absolute Gasteiger partial charge is 0.307 e. The number of hydrogen-bond donors (Lipinski definition) is 1. The van der Waals surface area contributed by atoms with Crippen molar-refractivity contribution in [2.24, 2.45) is 0 Å². The molecule has 2 aliphatic rings. The number of carbonyl (C=O) groups is 2. The minimum absolute atomic E-state index is 0.000617. The molecule has 5 rings (SSSR count). The number of aliphatic carboxylic acids is 1. The van der Waals surface area contributed by atoms with Gasteiger partial charge in [0.25, 0.3) is 0 Å². The van der Waals surface area contributed by atoms with Crippen LogP contribution < -0.4 is 9.47 Å². The van der Waals surface area contributed by atoms with E-state index in [0.29, 0.717) is 55.0 Å². The van der Waals surface area contributed by atoms with Gasteiger partial charge in [-0.2, -0.15) is 0 Å². The van der Waals surface area contributed by atoms with Gasteiger partial charge in [0.2, 0.25) is 5.91 Å². The normalized spacial score (nSPS) is 16.2. The van der Waals surface area contributed by atoms with E-state index in [9.17, 15) is 19.1 Å². The van der Waals surface area contributed by atoms with Gasteiger partial charge >= 0.3 is 5.97 Å². The molecule has 0 saturated carbocycles. The van der Waals surface area contributed by atoms with Crippen LogP contribution in [0.3, 0.4) is 0 Å². The number of rotatable bonds is 7. The van der Waals surface area contributed by atoms with Gasteiger partial charge < -0.3 is 19.5 Å². The van der Waals surface area contributed by atoms with E-state index < -0.39 is 5.97 Å². The summed E-state index contributed by atoms with van der Waals surface area (Å²) in [6.07, 6.45) is 0.616. The van der Waals surface area contributed by atoms with Crippen LogP contribution in [-0.4, -0.2) is 41.6 Å². The second-order valence-electron chi connectivity index (χ2n) is 9.20. The van der Waals surface area contributed by atoms with E-state index >= 15 is 0 Å². The second kappa shape index (κ2) is 10.0. The number of carboxylic acid groups (broad SMARTS) is 1. The fraction of sp³-hybridized carbons (Fsp3) is 0.310. The van der Waals surface area contributed by atoms with Gasteiger partial charge in [-0.15, -0.1) is 0 Å². The van der Waals surface area contributed by atoms with Gasteiger partial charge in [0.05, 0.1) is 19.6 Å². The van der Waals surface area contributed by atoms with Gasteiger partial charge in [-0.05, 0) is 59.9 Å². The highest BCUT2D eigenvalue weighted by molar-refractivity contribution is 5.81. The molecule has 186 valence electrons. The Morgan fingerprint density at radius 2 is 1.94 bits per heavy atom. The van der Waals surface area contributed by atoms with Crippen molar-refractivity contribution in [3.05, 3.63) is 82.7 Å². The summed E-state index contributed by atoms with van der Waals surface area (Å²) < 4.78 is 26.4. The zero-order chi connectivity index (χ0) is 25.2. The molecule has 0 fully saturated rings. The lowest BCUT2D eigenvalue weighted by atomic mass is 9.89. The maximum atomic E-state index is 14.9. The number of benzene rings is 3. The summed E-state index contributed by atoms with van der Waals surface area (Å²) in [5.74, 6) is 0.209. The molecule has 3 aromatic rings. The summed E-state index contributed by atoms with van der Waals surface area (Å²) in [7, 11) is 0. The van der Waals surface area contributed by atoms with Crippen molar-refractivity contribution < 1.29 is 28.6 Å². The lowest BCUT2D eigenvalue weighted by Crippen LogP contribution is -2.37. The van der Waals surface area contributed by atoms with Gasteiger partial charge in [-0.1, -0.05) is 30.3 Å². The van der Waals surface area contributed by atoms with Crippen LogP contribution in [0.15, 0.2) is 54.6 Å². The van der Waals surface area contributed by atoms with Crippen LogP contribution in [0, 0.1) is 5.82 Å². The third kappa shape index (κ3) is 4.65. The lowest BCUT2D eigenvalue weighted by Gasteiger charge is -2.31. The molecular weight excluding hydrogens is 461 g/mol. The van der Waals surface area contributed by atoms with Gasteiger partial charge in [-0.25, -0.2) is 4.39 Å². The van der Waals surface area contributed by atoms with Gasteiger partial charge in [0.1, 0.15) is 17.3 Å². The molecule has 3 aromatic carbocycles. The average Bonchev–Trinajstić information content (AvgIpc) is 3.27. The molecule has 1 N–H and O–H groups in total. The van der Waals surface area contributed by atoms with Crippen molar-refractivity contribution in [3.63, 3.8) is 0 Å². The molecule has 1 atom stereocenters. The van der Waals surface area contributed by atoms with E-state index in [1.54, 1.807) is 29.2 Å². The number of halogens is 1. The van der Waals surface area contributed by atoms with Crippen molar-refractivity contribution in [1.29, 1.82) is 0 Å². The average molecular weight is 490 g/mol. The number of carbonyl (C=O) groups excluding carboxylic acids is 1. The third-order valence-electron chi connectivity index (χ3n) is 6.92. The summed E-state index contributed by atoms with van der Waals surface area (Å²) in [5.41, 5.74) is 4.48. The Bertz CT molecular complexity index is 1320. The highest BCUT2D eigenvalue weighted by Crippen LogP contribution is 2.39. The number of carboxylic acids is 1. The first-order valence-corrected chi connectivity index (χ1v) is 12.2. The van der Waals surface area contributed by atoms with Crippen LogP contribution in [0.2, 0.25) is 0 Å². The van der Waals surface area contributed by atoms with Crippen molar-refractivity contribution in [2.75, 3.05) is 19.8 Å². The summed E-state index contributed by atoms with van der Waals surface area (Å²) in [6, 6.07) is 16.2. The monoisotopic (exact) mass is 489 g/mol. The molecule has 7 heteroatoms. The van der Waals surface area contributed by atoms with Crippen LogP contribution >= 0.6 is 0 Å². The fourth-order valence-electron chi connectivity index (χ4n) is 5.19. The lowest BCUT2D eigenvalue weighted by molar-refractivity contribution is -0.136. The number of amides is 1. The van der Waals surface area contributed by atoms with Crippen LogP contribution in [0.4, 0.5) is 4.39 Å². The molecular formula is C29H28FNO5. The molecule has 2 aliphatic heterocycles. The molecule has 0 unspecified atom stereocenters. The van der Waals surface area contributed by atoms with Crippen LogP contribution in [0.5, 0.6) is 11.5 Å². The van der Waals surface area contributed by atoms with E-state index in [1.807, 2.05) is 31.2 Å². The molecule has 1 amide bonds. The van der Waals surface area contributed by atoms with Crippen LogP contribution in [-0.2, 0) is 29.0 Å². The Morgan fingerprint density at radius 3 is 2.75 bits per heavy atom. The first-order valence-electron chi connectivity index (χ1n) is 12.2. The zero-order valence-corrected chi connectivity index (χ0v) is 20.1. The largest absolute Gasteiger partial charge is 0.493 e. The maximum absolute atomic E-state index is 14.9. The van der Waals surface area contributed by atoms with Crippen LogP contribution in [0.1, 0.15) is 41.5 Å². The van der Waals surface area contributed by atoms with Crippen LogP contribution in [0.25, 0.3) is 11.1 Å². The van der Waals surface area contributed by atoms with E-state index in [-0.39, 0.29) is 30.6 Å². The van der Waals surface area contributed by atoms with Crippen molar-refractivity contribution in [3.8, 4) is 22.6 Å². The second-order valence-corrected chi connectivity index (χ2v) is 9.20. The summed E-state index contributed by atoms with van der Waals surface area (Å²) >= 11 is 0. The van der Waals surface area contributed by atoms with E-state index in [1.165, 1.54) is 6.07 Å². The standard InChI is InChI=1S/C29H28FNO5/c1-2-35-27-10-7-18(14-29(33)34)13-23(27)21-8-9-25(30)22-11-12-31(16-24(21)22)28(32)15-19-17-36-26-6-4-3-5-20(19)26/h3-10,13,19H,2,11-12,14-17H2,1H3,(H,33,34)/t19-/m0/s1. The van der Waals surface area contributed by atoms with Gasteiger partial charge in [0.15, 0.2) is 0 Å². The topological polar surface area (TPSA) is 76.1 Å². The maximum Gasteiger partial charge on any atom is 0.307 e. The van der Waals surface area contributed by atoms with Gasteiger partial charge in [-0.3, -0.25) is 9.59 Å². The molecule has 36 heavy (non-hydrogen) atoms. The highest BCUT2D eigenvalue weighted by atomic mass is 19.1. The molecule has 0 spiro atoms. The molecule has 2 heterocycles. The first kappa shape index (κ1) is 23.9. The number of fused-ring (bicyclic) bond motifs is 2. The third-order valence-corrected chi connectivity index (χ3v) is 6.92. The number of ether oxygens (including phenoxy) is 2. The first-order chi connectivity index (χ1) is 17.4. The predicted octanol–water partition coefficient (Wildman–Crippen LogP) is 4.97. The Kier molecular flexibility index (Phi) is 6.63. The molecule has 6 nitrogen and oxygen atoms in total. The summed E-state index contributed by atoms with van der Waals surface area (Å²) in [4.78, 5) is 26.4. The quantitative estimate of drug-likeness (QED) is 0.507. The predicted molar refractivity (Wildman–Crippen MR) is 133 cm³/mol. The SMILES string of the molecule is CCOc1ccc(CC(=O)O)cc1-c1ccc(F)c2c1CN(C(=O)C[C@H]1COc3ccccc31)CC2. The Balaban J connectivity index is 1.46. The summed E-state index contributed by atoms with van der Waals surface area (Å²) in [5, 5.41) is 9.27. The molecule has 0 bridgehead atoms. The van der Waals surface area contributed by atoms with E-state index in [4.69, 9.17) is 9.47 Å². The van der Waals surface area contributed by atoms with Crippen molar-refractivity contribution >= 4 is 11.9 Å². The number of nitrogens with zero attached hydrogens (tertiary/aromatic N) is 1. The molecule has 0 aromatic heterocycles. The number of para-hydroxylation sites is 1. The van der Waals surface area contributed by atoms with Gasteiger partial charge in [0, 0.05) is 36.6 Å². The van der Waals surface area contributed by atoms with Crippen molar-refractivity contribution in [1.82, 2.24) is 4.90 Å². The minimum atomic E-state index is -0.930. The Hall–Kier alpha value is -3.87.